The van der Waals surface area contributed by atoms with E-state index in [4.69, 9.17) is 11.6 Å². The lowest BCUT2D eigenvalue weighted by Crippen LogP contribution is -2.51. The Morgan fingerprint density at radius 2 is 1.67 bits per heavy atom. The number of piperazine rings is 1. The Balaban J connectivity index is 1.25. The first-order valence-electron chi connectivity index (χ1n) is 11.2. The number of amides is 4. The lowest BCUT2D eigenvalue weighted by atomic mass is 10.1. The van der Waals surface area contributed by atoms with Gasteiger partial charge in [0.1, 0.15) is 12.4 Å². The Kier molecular flexibility index (Phi) is 6.46. The number of carbonyl (C=O) groups excluding carboxylic acids is 4. The highest BCUT2D eigenvalue weighted by Crippen LogP contribution is 2.31. The maximum absolute atomic E-state index is 13.2. The van der Waals surface area contributed by atoms with Crippen molar-refractivity contribution in [1.29, 1.82) is 0 Å². The highest BCUT2D eigenvalue weighted by Gasteiger charge is 2.39. The van der Waals surface area contributed by atoms with Crippen LogP contribution < -0.4 is 10.2 Å². The van der Waals surface area contributed by atoms with Crippen molar-refractivity contribution in [3.8, 4) is 0 Å². The molecular formula is C25H20ClFN4O4S. The highest BCUT2D eigenvalue weighted by molar-refractivity contribution is 7.18. The first kappa shape index (κ1) is 24.0. The number of carbonyl (C=O) groups is 4. The number of rotatable bonds is 5. The van der Waals surface area contributed by atoms with E-state index in [0.29, 0.717) is 35.4 Å². The molecule has 184 valence electrons. The third kappa shape index (κ3) is 4.57. The largest absolute Gasteiger partial charge is 0.368 e. The molecule has 0 aliphatic carbocycles. The average Bonchev–Trinajstić information content (AvgIpc) is 3.42. The summed E-state index contributed by atoms with van der Waals surface area (Å²) in [6, 6.07) is 13.9. The van der Waals surface area contributed by atoms with Crippen LogP contribution in [0.15, 0.2) is 54.6 Å². The molecule has 2 aromatic carbocycles. The van der Waals surface area contributed by atoms with E-state index >= 15 is 0 Å². The second-order valence-electron chi connectivity index (χ2n) is 8.33. The number of imide groups is 1. The van der Waals surface area contributed by atoms with Gasteiger partial charge in [-0.25, -0.2) is 4.39 Å². The second kappa shape index (κ2) is 9.71. The summed E-state index contributed by atoms with van der Waals surface area (Å²) in [5, 5.41) is 2.67. The zero-order valence-corrected chi connectivity index (χ0v) is 20.4. The Bertz CT molecular complexity index is 1370. The van der Waals surface area contributed by atoms with Gasteiger partial charge in [-0.05, 0) is 48.5 Å². The molecule has 5 rings (SSSR count). The number of nitrogens with one attached hydrogen (secondary N) is 1. The van der Waals surface area contributed by atoms with Gasteiger partial charge >= 0.3 is 0 Å². The van der Waals surface area contributed by atoms with Crippen LogP contribution in [-0.2, 0) is 4.79 Å². The van der Waals surface area contributed by atoms with E-state index in [1.165, 1.54) is 24.3 Å². The number of nitrogens with zero attached hydrogens (tertiary/aromatic N) is 3. The van der Waals surface area contributed by atoms with Gasteiger partial charge in [0, 0.05) is 31.9 Å². The van der Waals surface area contributed by atoms with Crippen LogP contribution in [0.2, 0.25) is 4.34 Å². The molecule has 2 aliphatic rings. The van der Waals surface area contributed by atoms with Crippen molar-refractivity contribution < 1.29 is 23.6 Å². The zero-order valence-electron chi connectivity index (χ0n) is 18.9. The maximum atomic E-state index is 13.2. The Morgan fingerprint density at radius 1 is 0.944 bits per heavy atom. The number of halogens is 2. The average molecular weight is 527 g/mol. The summed E-state index contributed by atoms with van der Waals surface area (Å²) in [4.78, 5) is 56.6. The molecular weight excluding hydrogens is 507 g/mol. The number of hydrogen-bond acceptors (Lipinski definition) is 6. The molecule has 0 atom stereocenters. The van der Waals surface area contributed by atoms with Crippen molar-refractivity contribution in [3.63, 3.8) is 0 Å². The van der Waals surface area contributed by atoms with E-state index in [9.17, 15) is 23.6 Å². The van der Waals surface area contributed by atoms with Gasteiger partial charge in [0.15, 0.2) is 0 Å². The molecule has 3 aromatic rings. The minimum atomic E-state index is -0.631. The number of benzene rings is 2. The molecule has 4 amide bonds. The van der Waals surface area contributed by atoms with Crippen molar-refractivity contribution in [2.24, 2.45) is 0 Å². The predicted molar refractivity (Wildman–Crippen MR) is 134 cm³/mol. The lowest BCUT2D eigenvalue weighted by molar-refractivity contribution is -0.131. The van der Waals surface area contributed by atoms with Gasteiger partial charge in [0.05, 0.1) is 26.0 Å². The van der Waals surface area contributed by atoms with E-state index in [1.807, 2.05) is 4.90 Å². The third-order valence-corrected chi connectivity index (χ3v) is 7.39. The molecule has 0 radical (unpaired) electrons. The summed E-state index contributed by atoms with van der Waals surface area (Å²) in [6.07, 6.45) is 0. The summed E-state index contributed by atoms with van der Waals surface area (Å²) >= 11 is 7.00. The molecule has 0 unspecified atom stereocenters. The fourth-order valence-corrected chi connectivity index (χ4v) is 5.24. The molecule has 1 saturated heterocycles. The van der Waals surface area contributed by atoms with Crippen LogP contribution in [0.3, 0.4) is 0 Å². The van der Waals surface area contributed by atoms with E-state index in [1.54, 1.807) is 35.2 Å². The van der Waals surface area contributed by atoms with E-state index < -0.39 is 24.3 Å². The van der Waals surface area contributed by atoms with E-state index in [0.717, 1.165) is 21.9 Å². The fraction of sp³-hybridized carbons (Fsp3) is 0.200. The monoisotopic (exact) mass is 526 g/mol. The van der Waals surface area contributed by atoms with Gasteiger partial charge in [-0.3, -0.25) is 24.1 Å². The minimum absolute atomic E-state index is 0.0624. The van der Waals surface area contributed by atoms with Crippen molar-refractivity contribution in [2.75, 3.05) is 42.9 Å². The smallest absolute Gasteiger partial charge is 0.265 e. The molecule has 8 nitrogen and oxygen atoms in total. The molecule has 0 saturated carbocycles. The third-order valence-electron chi connectivity index (χ3n) is 6.16. The number of hydrogen-bond donors (Lipinski definition) is 1. The van der Waals surface area contributed by atoms with E-state index in [-0.39, 0.29) is 28.5 Å². The summed E-state index contributed by atoms with van der Waals surface area (Å²) in [5.74, 6) is -2.32. The van der Waals surface area contributed by atoms with E-state index in [2.05, 4.69) is 5.32 Å². The lowest BCUT2D eigenvalue weighted by Gasteiger charge is -2.36. The van der Waals surface area contributed by atoms with Gasteiger partial charge in [-0.15, -0.1) is 11.3 Å². The fourth-order valence-electron chi connectivity index (χ4n) is 4.30. The first-order valence-corrected chi connectivity index (χ1v) is 12.4. The molecule has 0 bridgehead atoms. The van der Waals surface area contributed by atoms with Crippen LogP contribution in [0.5, 0.6) is 0 Å². The summed E-state index contributed by atoms with van der Waals surface area (Å²) in [7, 11) is 0. The van der Waals surface area contributed by atoms with Crippen molar-refractivity contribution in [2.45, 2.75) is 0 Å². The first-order chi connectivity index (χ1) is 17.3. The predicted octanol–water partition coefficient (Wildman–Crippen LogP) is 3.74. The Labute approximate surface area is 214 Å². The van der Waals surface area contributed by atoms with Gasteiger partial charge in [-0.1, -0.05) is 17.7 Å². The number of thiophene rings is 1. The highest BCUT2D eigenvalue weighted by atomic mass is 35.5. The molecule has 2 aliphatic heterocycles. The quantitative estimate of drug-likeness (QED) is 0.512. The topological polar surface area (TPSA) is 90.0 Å². The SMILES string of the molecule is O=C(Nc1cccc2c1C(=O)N(CC(=O)N1CCN(c3ccc(F)cc3)CC1)C2=O)c1ccc(Cl)s1. The van der Waals surface area contributed by atoms with Crippen molar-refractivity contribution in [3.05, 3.63) is 80.8 Å². The molecule has 36 heavy (non-hydrogen) atoms. The zero-order chi connectivity index (χ0) is 25.4. The van der Waals surface area contributed by atoms with Crippen LogP contribution in [0.4, 0.5) is 15.8 Å². The van der Waals surface area contributed by atoms with Crippen LogP contribution in [-0.4, -0.2) is 66.2 Å². The van der Waals surface area contributed by atoms with Gasteiger partial charge < -0.3 is 15.1 Å². The summed E-state index contributed by atoms with van der Waals surface area (Å²) in [6.45, 7) is 1.51. The molecule has 0 spiro atoms. The van der Waals surface area contributed by atoms with Crippen molar-refractivity contribution in [1.82, 2.24) is 9.80 Å². The van der Waals surface area contributed by atoms with Gasteiger partial charge in [0.2, 0.25) is 5.91 Å². The molecule has 3 heterocycles. The standard InChI is InChI=1S/C25H20ClFN4O4S/c26-20-9-8-19(36-20)23(33)28-18-3-1-2-17-22(18)25(35)31(24(17)34)14-21(32)30-12-10-29(11-13-30)16-6-4-15(27)5-7-16/h1-9H,10-14H2,(H,28,33). The Hall–Kier alpha value is -3.76. The maximum Gasteiger partial charge on any atom is 0.265 e. The Morgan fingerprint density at radius 3 is 2.33 bits per heavy atom. The number of anilines is 2. The van der Waals surface area contributed by atoms with Crippen LogP contribution in [0.25, 0.3) is 0 Å². The minimum Gasteiger partial charge on any atom is -0.368 e. The van der Waals surface area contributed by atoms with Crippen LogP contribution >= 0.6 is 22.9 Å². The van der Waals surface area contributed by atoms with Gasteiger partial charge in [-0.2, -0.15) is 0 Å². The van der Waals surface area contributed by atoms with Crippen LogP contribution in [0.1, 0.15) is 30.4 Å². The number of fused-ring (bicyclic) bond motifs is 1. The summed E-state index contributed by atoms with van der Waals surface area (Å²) in [5.41, 5.74) is 1.26. The molecule has 11 heteroatoms. The van der Waals surface area contributed by atoms with Crippen LogP contribution in [0, 0.1) is 5.82 Å². The normalized spacial score (nSPS) is 15.3. The molecule has 1 N–H and O–H groups in total. The molecule has 1 fully saturated rings. The van der Waals surface area contributed by atoms with Crippen molar-refractivity contribution >= 4 is 57.9 Å². The van der Waals surface area contributed by atoms with Gasteiger partial charge in [0.25, 0.3) is 17.7 Å². The second-order valence-corrected chi connectivity index (χ2v) is 10.0. The summed E-state index contributed by atoms with van der Waals surface area (Å²) < 4.78 is 13.6. The molecule has 1 aromatic heterocycles.